The van der Waals surface area contributed by atoms with Crippen LogP contribution in [0.3, 0.4) is 0 Å². The molecule has 1 aliphatic rings. The first-order valence-corrected chi connectivity index (χ1v) is 15.7. The van der Waals surface area contributed by atoms with E-state index in [-0.39, 0.29) is 47.2 Å². The van der Waals surface area contributed by atoms with Crippen LogP contribution in [0.25, 0.3) is 11.0 Å². The quantitative estimate of drug-likeness (QED) is 0.184. The number of rotatable bonds is 10. The van der Waals surface area contributed by atoms with Gasteiger partial charge in [-0.2, -0.15) is 22.0 Å². The molecule has 1 aromatic heterocycles. The molecule has 1 fully saturated rings. The Morgan fingerprint density at radius 3 is 2.35 bits per heavy atom. The summed E-state index contributed by atoms with van der Waals surface area (Å²) in [5, 5.41) is 5.48. The normalized spacial score (nSPS) is 18.2. The number of hydrogen-bond donors (Lipinski definition) is 3. The number of alkyl halides is 5. The Bertz CT molecular complexity index is 1560. The number of halogens is 6. The van der Waals surface area contributed by atoms with Crippen LogP contribution in [0.5, 0.6) is 0 Å². The molecule has 46 heavy (non-hydrogen) atoms. The fourth-order valence-electron chi connectivity index (χ4n) is 5.46. The zero-order chi connectivity index (χ0) is 33.9. The van der Waals surface area contributed by atoms with Gasteiger partial charge in [0.25, 0.3) is 0 Å². The van der Waals surface area contributed by atoms with E-state index in [9.17, 15) is 36.3 Å². The van der Waals surface area contributed by atoms with Gasteiger partial charge in [0.15, 0.2) is 5.82 Å². The molecule has 4 rings (SSSR count). The van der Waals surface area contributed by atoms with E-state index in [1.165, 1.54) is 18.2 Å². The summed E-state index contributed by atoms with van der Waals surface area (Å²) in [4.78, 5) is 44.4. The average Bonchev–Trinajstić information content (AvgIpc) is 3.39. The van der Waals surface area contributed by atoms with E-state index in [1.54, 1.807) is 20.8 Å². The number of benzene rings is 2. The zero-order valence-corrected chi connectivity index (χ0v) is 27.2. The minimum absolute atomic E-state index is 0.0436. The molecule has 1 saturated carbocycles. The van der Waals surface area contributed by atoms with Crippen LogP contribution >= 0.6 is 15.9 Å². The number of alkyl carbamates (subject to hydrolysis) is 1. The van der Waals surface area contributed by atoms with Crippen molar-refractivity contribution in [2.45, 2.75) is 77.0 Å². The van der Waals surface area contributed by atoms with Gasteiger partial charge in [-0.3, -0.25) is 9.59 Å². The predicted molar refractivity (Wildman–Crippen MR) is 165 cm³/mol. The molecule has 14 heteroatoms. The van der Waals surface area contributed by atoms with Crippen LogP contribution in [0.2, 0.25) is 0 Å². The average molecular weight is 716 g/mol. The number of fused-ring (bicyclic) bond motifs is 1. The summed E-state index contributed by atoms with van der Waals surface area (Å²) in [7, 11) is 0. The lowest BCUT2D eigenvalue weighted by molar-refractivity contribution is -0.292. The molecule has 0 saturated heterocycles. The van der Waals surface area contributed by atoms with Gasteiger partial charge < -0.3 is 20.4 Å². The number of nitrogens with one attached hydrogen (secondary N) is 3. The van der Waals surface area contributed by atoms with Crippen LogP contribution < -0.4 is 10.6 Å². The van der Waals surface area contributed by atoms with Gasteiger partial charge in [0.05, 0.1) is 11.0 Å². The largest absolute Gasteiger partial charge is 0.461 e. The third kappa shape index (κ3) is 9.26. The lowest BCUT2D eigenvalue weighted by atomic mass is 9.77. The first-order chi connectivity index (χ1) is 21.4. The number of carbonyl (C=O) groups excluding carboxylic acids is 3. The van der Waals surface area contributed by atoms with Gasteiger partial charge in [0, 0.05) is 35.0 Å². The number of Topliss-reactive ketones (excluding diaryl/α,β-unsaturated/α-hetero) is 1. The van der Waals surface area contributed by atoms with Gasteiger partial charge in [-0.05, 0) is 94.7 Å². The van der Waals surface area contributed by atoms with Crippen molar-refractivity contribution >= 4 is 50.4 Å². The van der Waals surface area contributed by atoms with Crippen LogP contribution in [0, 0.1) is 17.8 Å². The second-order valence-corrected chi connectivity index (χ2v) is 13.6. The Labute approximate surface area is 271 Å². The lowest BCUT2D eigenvalue weighted by Gasteiger charge is -2.29. The SMILES string of the molecule is CC(C)(C)OC(=O)NCC1CCC(C(=O)C[C@@H](Cc2cccc(Br)c2)C(=O)Nc2ccc3nc(C(F)(F)C(F)(F)F)[nH]c3c2)CC1. The van der Waals surface area contributed by atoms with Crippen molar-refractivity contribution in [1.82, 2.24) is 15.3 Å². The number of aromatic amines is 1. The molecular weight excluding hydrogens is 679 g/mol. The molecule has 0 bridgehead atoms. The van der Waals surface area contributed by atoms with Crippen molar-refractivity contribution in [2.24, 2.45) is 17.8 Å². The Morgan fingerprint density at radius 1 is 1.02 bits per heavy atom. The van der Waals surface area contributed by atoms with E-state index >= 15 is 0 Å². The highest BCUT2D eigenvalue weighted by Gasteiger charge is 2.61. The lowest BCUT2D eigenvalue weighted by Crippen LogP contribution is -2.37. The molecule has 1 atom stereocenters. The van der Waals surface area contributed by atoms with Crippen LogP contribution in [-0.4, -0.2) is 46.1 Å². The topological polar surface area (TPSA) is 113 Å². The summed E-state index contributed by atoms with van der Waals surface area (Å²) in [6, 6.07) is 11.1. The van der Waals surface area contributed by atoms with Gasteiger partial charge >= 0.3 is 18.2 Å². The minimum Gasteiger partial charge on any atom is -0.444 e. The molecule has 2 amide bonds. The number of ether oxygens (including phenoxy) is 1. The highest BCUT2D eigenvalue weighted by Crippen LogP contribution is 2.43. The number of hydrogen-bond acceptors (Lipinski definition) is 5. The molecule has 8 nitrogen and oxygen atoms in total. The van der Waals surface area contributed by atoms with Crippen molar-refractivity contribution in [3.63, 3.8) is 0 Å². The number of nitrogens with zero attached hydrogens (tertiary/aromatic N) is 1. The molecule has 3 aromatic rings. The van der Waals surface area contributed by atoms with Crippen molar-refractivity contribution in [1.29, 1.82) is 0 Å². The smallest absolute Gasteiger partial charge is 0.444 e. The number of imidazole rings is 1. The molecule has 0 aliphatic heterocycles. The summed E-state index contributed by atoms with van der Waals surface area (Å²) in [5.41, 5.74) is 0.107. The molecule has 1 heterocycles. The Balaban J connectivity index is 1.42. The van der Waals surface area contributed by atoms with Crippen molar-refractivity contribution in [3.8, 4) is 0 Å². The van der Waals surface area contributed by atoms with Crippen LogP contribution in [0.4, 0.5) is 32.4 Å². The summed E-state index contributed by atoms with van der Waals surface area (Å²) in [6.07, 6.45) is -3.43. The number of H-pyrrole nitrogens is 1. The molecule has 1 aliphatic carbocycles. The van der Waals surface area contributed by atoms with Crippen molar-refractivity contribution in [3.05, 3.63) is 58.3 Å². The molecule has 3 N–H and O–H groups in total. The standard InChI is InChI=1S/C32H36BrF5N4O4/c1-30(2,3)46-29(45)39-17-18-7-9-20(10-8-18)26(43)15-21(13-19-5-4-6-22(33)14-19)27(44)40-23-11-12-24-25(16-23)42-28(41-24)31(34,35)32(36,37)38/h4-6,11-12,14,16,18,20-21H,7-10,13,15,17H2,1-3H3,(H,39,45)(H,40,44)(H,41,42)/t18?,20?,21-/m1/s1. The maximum absolute atomic E-state index is 13.8. The second-order valence-electron chi connectivity index (χ2n) is 12.7. The second kappa shape index (κ2) is 14.1. The molecule has 2 aromatic carbocycles. The van der Waals surface area contributed by atoms with Gasteiger partial charge in [-0.15, -0.1) is 0 Å². The fourth-order valence-corrected chi connectivity index (χ4v) is 5.91. The summed E-state index contributed by atoms with van der Waals surface area (Å²) >= 11 is 3.41. The number of carbonyl (C=O) groups is 3. The third-order valence-electron chi connectivity index (χ3n) is 7.83. The Hall–Kier alpha value is -3.55. The van der Waals surface area contributed by atoms with Crippen LogP contribution in [0.1, 0.15) is 64.3 Å². The molecule has 0 unspecified atom stereocenters. The van der Waals surface area contributed by atoms with E-state index in [2.05, 4.69) is 31.5 Å². The first-order valence-electron chi connectivity index (χ1n) is 14.9. The summed E-state index contributed by atoms with van der Waals surface area (Å²) < 4.78 is 72.3. The maximum atomic E-state index is 13.8. The number of ketones is 1. The van der Waals surface area contributed by atoms with Gasteiger partial charge in [-0.1, -0.05) is 28.1 Å². The van der Waals surface area contributed by atoms with Crippen molar-refractivity contribution in [2.75, 3.05) is 11.9 Å². The van der Waals surface area contributed by atoms with E-state index in [1.807, 2.05) is 29.2 Å². The number of amides is 2. The highest BCUT2D eigenvalue weighted by atomic mass is 79.9. The summed E-state index contributed by atoms with van der Waals surface area (Å²) in [6.45, 7) is 5.80. The van der Waals surface area contributed by atoms with Gasteiger partial charge in [0.1, 0.15) is 11.4 Å². The first kappa shape index (κ1) is 35.3. The monoisotopic (exact) mass is 714 g/mol. The van der Waals surface area contributed by atoms with E-state index in [0.29, 0.717) is 19.4 Å². The Morgan fingerprint density at radius 2 is 1.72 bits per heavy atom. The zero-order valence-electron chi connectivity index (χ0n) is 25.6. The molecule has 0 spiro atoms. The van der Waals surface area contributed by atoms with Gasteiger partial charge in [-0.25, -0.2) is 9.78 Å². The fraction of sp³-hybridized carbons (Fsp3) is 0.500. The van der Waals surface area contributed by atoms with Crippen LogP contribution in [0.15, 0.2) is 46.9 Å². The van der Waals surface area contributed by atoms with E-state index in [0.717, 1.165) is 22.9 Å². The number of aromatic nitrogens is 2. The molecule has 0 radical (unpaired) electrons. The minimum atomic E-state index is -5.83. The van der Waals surface area contributed by atoms with Crippen LogP contribution in [-0.2, 0) is 26.7 Å². The van der Waals surface area contributed by atoms with E-state index < -0.39 is 41.4 Å². The van der Waals surface area contributed by atoms with Gasteiger partial charge in [0.2, 0.25) is 5.91 Å². The Kier molecular flexibility index (Phi) is 10.8. The number of anilines is 1. The highest BCUT2D eigenvalue weighted by molar-refractivity contribution is 9.10. The summed E-state index contributed by atoms with van der Waals surface area (Å²) in [5.74, 6) is -8.11. The molecule has 250 valence electrons. The molecular formula is C32H36BrF5N4O4. The predicted octanol–water partition coefficient (Wildman–Crippen LogP) is 8.07. The van der Waals surface area contributed by atoms with Crippen molar-refractivity contribution < 1.29 is 41.1 Å². The van der Waals surface area contributed by atoms with E-state index in [4.69, 9.17) is 4.74 Å². The maximum Gasteiger partial charge on any atom is 0.461 e. The third-order valence-corrected chi connectivity index (χ3v) is 8.32.